The first-order valence-electron chi connectivity index (χ1n) is 6.03. The van der Waals surface area contributed by atoms with Crippen molar-refractivity contribution < 1.29 is 25.5 Å². The number of hydrogen-bond acceptors (Lipinski definition) is 5. The number of aromatic hydroxyl groups is 4. The Hall–Kier alpha value is -2.60. The standard InChI is InChI=1S/C14H13NO5/c16-2-1-15-9-3-7(17)5-11(19)13(9)14-10(15)4-8(18)6-12(14)20/h3-6,16-20H,1-2H2. The lowest BCUT2D eigenvalue weighted by atomic mass is 10.1. The van der Waals surface area contributed by atoms with Gasteiger partial charge in [0.1, 0.15) is 23.0 Å². The number of phenols is 4. The minimum absolute atomic E-state index is 0.124. The van der Waals surface area contributed by atoms with Gasteiger partial charge in [-0.05, 0) is 0 Å². The number of fused-ring (bicyclic) bond motifs is 3. The van der Waals surface area contributed by atoms with Gasteiger partial charge in [-0.2, -0.15) is 0 Å². The second kappa shape index (κ2) is 4.21. The van der Waals surface area contributed by atoms with Crippen LogP contribution in [0, 0.1) is 0 Å². The van der Waals surface area contributed by atoms with E-state index in [0.29, 0.717) is 21.8 Å². The highest BCUT2D eigenvalue weighted by Crippen LogP contribution is 2.43. The Morgan fingerprint density at radius 1 is 0.750 bits per heavy atom. The molecular formula is C14H13NO5. The fourth-order valence-electron chi connectivity index (χ4n) is 2.60. The van der Waals surface area contributed by atoms with Gasteiger partial charge >= 0.3 is 0 Å². The number of aliphatic hydroxyl groups excluding tert-OH is 1. The number of nitrogens with zero attached hydrogens (tertiary/aromatic N) is 1. The lowest BCUT2D eigenvalue weighted by Gasteiger charge is -2.05. The summed E-state index contributed by atoms with van der Waals surface area (Å²) in [6.45, 7) is 0.0392. The average Bonchev–Trinajstić information content (AvgIpc) is 2.65. The van der Waals surface area contributed by atoms with Crippen molar-refractivity contribution in [1.29, 1.82) is 0 Å². The molecular weight excluding hydrogens is 262 g/mol. The Morgan fingerprint density at radius 3 is 1.60 bits per heavy atom. The molecule has 0 fully saturated rings. The molecule has 0 amide bonds. The fraction of sp³-hybridized carbons (Fsp3) is 0.143. The van der Waals surface area contributed by atoms with Crippen molar-refractivity contribution in [1.82, 2.24) is 4.57 Å². The second-order valence-corrected chi connectivity index (χ2v) is 4.59. The molecule has 0 unspecified atom stereocenters. The van der Waals surface area contributed by atoms with Crippen LogP contribution in [0.4, 0.5) is 0 Å². The van der Waals surface area contributed by atoms with Crippen LogP contribution in [0.1, 0.15) is 0 Å². The molecule has 6 nitrogen and oxygen atoms in total. The van der Waals surface area contributed by atoms with E-state index in [1.165, 1.54) is 24.3 Å². The average molecular weight is 275 g/mol. The van der Waals surface area contributed by atoms with E-state index in [4.69, 9.17) is 5.11 Å². The molecule has 2 aromatic carbocycles. The number of benzene rings is 2. The van der Waals surface area contributed by atoms with Gasteiger partial charge < -0.3 is 30.1 Å². The summed E-state index contributed by atoms with van der Waals surface area (Å²) in [7, 11) is 0. The highest BCUT2D eigenvalue weighted by Gasteiger charge is 2.18. The molecule has 3 aromatic rings. The highest BCUT2D eigenvalue weighted by molar-refractivity contribution is 6.14. The van der Waals surface area contributed by atoms with Gasteiger partial charge in [0, 0.05) is 30.8 Å². The third-order valence-corrected chi connectivity index (χ3v) is 3.32. The van der Waals surface area contributed by atoms with E-state index in [1.54, 1.807) is 4.57 Å². The zero-order valence-corrected chi connectivity index (χ0v) is 10.4. The molecule has 0 radical (unpaired) electrons. The van der Waals surface area contributed by atoms with Gasteiger partial charge in [-0.15, -0.1) is 0 Å². The molecule has 0 bridgehead atoms. The van der Waals surface area contributed by atoms with E-state index in [2.05, 4.69) is 0 Å². The van der Waals surface area contributed by atoms with Crippen LogP contribution < -0.4 is 0 Å². The molecule has 0 aliphatic carbocycles. The molecule has 1 aromatic heterocycles. The van der Waals surface area contributed by atoms with Crippen molar-refractivity contribution in [3.8, 4) is 23.0 Å². The second-order valence-electron chi connectivity index (χ2n) is 4.59. The van der Waals surface area contributed by atoms with Crippen molar-refractivity contribution in [3.63, 3.8) is 0 Å². The molecule has 6 heteroatoms. The van der Waals surface area contributed by atoms with Crippen LogP contribution >= 0.6 is 0 Å². The van der Waals surface area contributed by atoms with Crippen LogP contribution in [0.15, 0.2) is 24.3 Å². The van der Waals surface area contributed by atoms with Crippen LogP contribution in [0.2, 0.25) is 0 Å². The van der Waals surface area contributed by atoms with Gasteiger partial charge in [-0.1, -0.05) is 0 Å². The van der Waals surface area contributed by atoms with Crippen LogP contribution in [0.25, 0.3) is 21.8 Å². The molecule has 0 aliphatic heterocycles. The first-order valence-corrected chi connectivity index (χ1v) is 6.03. The largest absolute Gasteiger partial charge is 0.508 e. The minimum Gasteiger partial charge on any atom is -0.508 e. The van der Waals surface area contributed by atoms with E-state index in [-0.39, 0.29) is 36.1 Å². The molecule has 0 aliphatic rings. The van der Waals surface area contributed by atoms with Gasteiger partial charge in [0.05, 0.1) is 28.4 Å². The normalized spacial score (nSPS) is 11.4. The van der Waals surface area contributed by atoms with Gasteiger partial charge in [-0.3, -0.25) is 0 Å². The molecule has 3 rings (SSSR count). The van der Waals surface area contributed by atoms with Crippen LogP contribution in [-0.2, 0) is 6.54 Å². The summed E-state index contributed by atoms with van der Waals surface area (Å²) in [4.78, 5) is 0. The Morgan fingerprint density at radius 2 is 1.20 bits per heavy atom. The molecule has 104 valence electrons. The SMILES string of the molecule is OCCn1c2cc(O)cc(O)c2c2c(O)cc(O)cc21. The Bertz CT molecular complexity index is 756. The summed E-state index contributed by atoms with van der Waals surface area (Å²) in [6, 6.07) is 5.22. The maximum atomic E-state index is 10.0. The highest BCUT2D eigenvalue weighted by atomic mass is 16.3. The number of aliphatic hydroxyl groups is 1. The molecule has 0 saturated heterocycles. The Balaban J connectivity index is 2.59. The maximum absolute atomic E-state index is 10.0. The van der Waals surface area contributed by atoms with Gasteiger partial charge in [0.15, 0.2) is 0 Å². The number of hydrogen-bond donors (Lipinski definition) is 5. The van der Waals surface area contributed by atoms with E-state index < -0.39 is 0 Å². The zero-order chi connectivity index (χ0) is 14.4. The Kier molecular flexibility index (Phi) is 2.62. The number of phenolic OH excluding ortho intramolecular Hbond substituents is 4. The van der Waals surface area contributed by atoms with E-state index in [1.807, 2.05) is 0 Å². The Labute approximate surface area is 113 Å². The first-order chi connectivity index (χ1) is 9.52. The molecule has 0 saturated carbocycles. The van der Waals surface area contributed by atoms with E-state index in [0.717, 1.165) is 0 Å². The summed E-state index contributed by atoms with van der Waals surface area (Å²) in [5, 5.41) is 49.1. The molecule has 0 spiro atoms. The summed E-state index contributed by atoms with van der Waals surface area (Å²) in [5.74, 6) is -0.605. The molecule has 0 atom stereocenters. The van der Waals surface area contributed by atoms with Crippen molar-refractivity contribution in [2.45, 2.75) is 6.54 Å². The van der Waals surface area contributed by atoms with Crippen molar-refractivity contribution >= 4 is 21.8 Å². The predicted molar refractivity (Wildman–Crippen MR) is 73.2 cm³/mol. The fourth-order valence-corrected chi connectivity index (χ4v) is 2.60. The van der Waals surface area contributed by atoms with Crippen LogP contribution in [0.5, 0.6) is 23.0 Å². The van der Waals surface area contributed by atoms with Crippen LogP contribution in [-0.4, -0.2) is 36.7 Å². The zero-order valence-electron chi connectivity index (χ0n) is 10.4. The summed E-state index contributed by atoms with van der Waals surface area (Å²) in [6.07, 6.45) is 0. The van der Waals surface area contributed by atoms with E-state index in [9.17, 15) is 20.4 Å². The molecule has 20 heavy (non-hydrogen) atoms. The summed E-state index contributed by atoms with van der Waals surface area (Å²) in [5.41, 5.74) is 0.930. The minimum atomic E-state index is -0.178. The first kappa shape index (κ1) is 12.4. The summed E-state index contributed by atoms with van der Waals surface area (Å²) < 4.78 is 1.61. The van der Waals surface area contributed by atoms with Crippen molar-refractivity contribution in [2.24, 2.45) is 0 Å². The molecule has 5 N–H and O–H groups in total. The summed E-state index contributed by atoms with van der Waals surface area (Å²) >= 11 is 0. The van der Waals surface area contributed by atoms with Gasteiger partial charge in [0.2, 0.25) is 0 Å². The van der Waals surface area contributed by atoms with Crippen molar-refractivity contribution in [3.05, 3.63) is 24.3 Å². The van der Waals surface area contributed by atoms with Crippen LogP contribution in [0.3, 0.4) is 0 Å². The number of rotatable bonds is 2. The van der Waals surface area contributed by atoms with Crippen molar-refractivity contribution in [2.75, 3.05) is 6.61 Å². The molecule has 1 heterocycles. The van der Waals surface area contributed by atoms with E-state index >= 15 is 0 Å². The third-order valence-electron chi connectivity index (χ3n) is 3.32. The lowest BCUT2D eigenvalue weighted by Crippen LogP contribution is -2.01. The third kappa shape index (κ3) is 1.62. The maximum Gasteiger partial charge on any atom is 0.129 e. The smallest absolute Gasteiger partial charge is 0.129 e. The van der Waals surface area contributed by atoms with Gasteiger partial charge in [-0.25, -0.2) is 0 Å². The quantitative estimate of drug-likeness (QED) is 0.488. The predicted octanol–water partition coefficient (Wildman–Crippen LogP) is 1.61. The van der Waals surface area contributed by atoms with Gasteiger partial charge in [0.25, 0.3) is 0 Å². The monoisotopic (exact) mass is 275 g/mol. The number of aromatic nitrogens is 1. The topological polar surface area (TPSA) is 106 Å². The lowest BCUT2D eigenvalue weighted by molar-refractivity contribution is 0.279.